The van der Waals surface area contributed by atoms with Crippen LogP contribution < -0.4 is 9.47 Å². The molecule has 4 rings (SSSR count). The highest BCUT2D eigenvalue weighted by atomic mass is 16.5. The predicted molar refractivity (Wildman–Crippen MR) is 100 cm³/mol. The minimum absolute atomic E-state index is 0.381. The van der Waals surface area contributed by atoms with E-state index in [-0.39, 0.29) is 5.92 Å². The first-order chi connectivity index (χ1) is 13.5. The zero-order chi connectivity index (χ0) is 20.1. The van der Waals surface area contributed by atoms with Crippen molar-refractivity contribution in [3.63, 3.8) is 0 Å². The fraction of sp³-hybridized carbons (Fsp3) is 0.364. The van der Waals surface area contributed by atoms with E-state index in [1.54, 1.807) is 19.2 Å². The van der Waals surface area contributed by atoms with Crippen molar-refractivity contribution in [3.05, 3.63) is 59.2 Å². The molecular weight excluding hydrogens is 360 g/mol. The van der Waals surface area contributed by atoms with Gasteiger partial charge in [-0.15, -0.1) is 0 Å². The molecule has 0 aromatic heterocycles. The van der Waals surface area contributed by atoms with Crippen molar-refractivity contribution in [1.82, 2.24) is 0 Å². The lowest BCUT2D eigenvalue weighted by atomic mass is 9.96. The van der Waals surface area contributed by atoms with Crippen LogP contribution in [0.25, 0.3) is 0 Å². The molecule has 2 aromatic rings. The van der Waals surface area contributed by atoms with Gasteiger partial charge in [-0.3, -0.25) is 9.59 Å². The molecule has 1 heterocycles. The van der Waals surface area contributed by atoms with Crippen LogP contribution >= 0.6 is 0 Å². The Balaban J connectivity index is 1.89. The molecule has 0 bridgehead atoms. The van der Waals surface area contributed by atoms with Crippen molar-refractivity contribution < 1.29 is 28.5 Å². The topological polar surface area (TPSA) is 71.1 Å². The van der Waals surface area contributed by atoms with Gasteiger partial charge < -0.3 is 18.9 Å². The first-order valence-electron chi connectivity index (χ1n) is 9.07. The summed E-state index contributed by atoms with van der Waals surface area (Å²) in [4.78, 5) is 25.6. The first kappa shape index (κ1) is 18.3. The van der Waals surface area contributed by atoms with Crippen molar-refractivity contribution in [2.75, 3.05) is 21.3 Å². The van der Waals surface area contributed by atoms with Crippen LogP contribution in [0.2, 0.25) is 0 Å². The predicted octanol–water partition coefficient (Wildman–Crippen LogP) is 3.18. The maximum atomic E-state index is 12.8. The summed E-state index contributed by atoms with van der Waals surface area (Å²) in [5.74, 6) is -0.745. The van der Waals surface area contributed by atoms with E-state index in [0.29, 0.717) is 11.5 Å². The Morgan fingerprint density at radius 1 is 0.964 bits per heavy atom. The van der Waals surface area contributed by atoms with Gasteiger partial charge in [0, 0.05) is 17.9 Å². The highest BCUT2D eigenvalue weighted by Gasteiger charge is 2.81. The van der Waals surface area contributed by atoms with Crippen LogP contribution in [0.15, 0.2) is 42.5 Å². The SMILES string of the molecule is COC(=O)C1(C(=O)OC)[C@@H]2[C@H]1c1ccc(OC)cc1O[C@H]2c1ccc(C)cc1. The number of esters is 2. The van der Waals surface area contributed by atoms with Crippen molar-refractivity contribution in [1.29, 1.82) is 0 Å². The molecule has 2 aromatic carbocycles. The van der Waals surface area contributed by atoms with Crippen LogP contribution in [0.1, 0.15) is 28.7 Å². The molecule has 0 amide bonds. The Bertz CT molecular complexity index is 917. The smallest absolute Gasteiger partial charge is 0.324 e. The van der Waals surface area contributed by atoms with Crippen LogP contribution in [0, 0.1) is 18.3 Å². The summed E-state index contributed by atoms with van der Waals surface area (Å²) in [6, 6.07) is 13.3. The summed E-state index contributed by atoms with van der Waals surface area (Å²) in [6.07, 6.45) is -0.483. The normalized spacial score (nSPS) is 23.5. The van der Waals surface area contributed by atoms with Gasteiger partial charge in [-0.25, -0.2) is 0 Å². The molecule has 0 radical (unpaired) electrons. The van der Waals surface area contributed by atoms with Gasteiger partial charge in [0.1, 0.15) is 17.6 Å². The van der Waals surface area contributed by atoms with Gasteiger partial charge in [0.15, 0.2) is 5.41 Å². The third kappa shape index (κ3) is 2.40. The maximum Gasteiger partial charge on any atom is 0.324 e. The second kappa shape index (κ2) is 6.55. The van der Waals surface area contributed by atoms with E-state index in [1.165, 1.54) is 14.2 Å². The average Bonchev–Trinajstić information content (AvgIpc) is 3.43. The highest BCUT2D eigenvalue weighted by molar-refractivity contribution is 6.06. The molecule has 0 N–H and O–H groups in total. The highest BCUT2D eigenvalue weighted by Crippen LogP contribution is 2.74. The number of hydrogen-bond acceptors (Lipinski definition) is 6. The van der Waals surface area contributed by atoms with E-state index in [2.05, 4.69) is 0 Å². The van der Waals surface area contributed by atoms with Crippen LogP contribution in [0.5, 0.6) is 11.5 Å². The van der Waals surface area contributed by atoms with Crippen molar-refractivity contribution >= 4 is 11.9 Å². The minimum Gasteiger partial charge on any atom is -0.497 e. The molecule has 146 valence electrons. The van der Waals surface area contributed by atoms with E-state index in [0.717, 1.165) is 16.7 Å². The number of benzene rings is 2. The molecule has 1 fully saturated rings. The molecule has 3 atom stereocenters. The number of carbonyl (C=O) groups excluding carboxylic acids is 2. The Hall–Kier alpha value is -3.02. The molecule has 28 heavy (non-hydrogen) atoms. The summed E-state index contributed by atoms with van der Waals surface area (Å²) < 4.78 is 21.7. The number of methoxy groups -OCH3 is 3. The fourth-order valence-corrected chi connectivity index (χ4v) is 4.46. The molecule has 0 spiro atoms. The van der Waals surface area contributed by atoms with Crippen molar-refractivity contribution in [2.45, 2.75) is 18.9 Å². The Labute approximate surface area is 163 Å². The van der Waals surface area contributed by atoms with Gasteiger partial charge in [0.05, 0.1) is 21.3 Å². The molecule has 1 aliphatic heterocycles. The molecule has 6 heteroatoms. The lowest BCUT2D eigenvalue weighted by Gasteiger charge is -2.26. The number of carbonyl (C=O) groups is 2. The fourth-order valence-electron chi connectivity index (χ4n) is 4.46. The number of aryl methyl sites for hydroxylation is 1. The summed E-state index contributed by atoms with van der Waals surface area (Å²) >= 11 is 0. The molecule has 0 unspecified atom stereocenters. The van der Waals surface area contributed by atoms with Gasteiger partial charge in [-0.2, -0.15) is 0 Å². The van der Waals surface area contributed by atoms with E-state index in [9.17, 15) is 9.59 Å². The number of rotatable bonds is 4. The van der Waals surface area contributed by atoms with Gasteiger partial charge in [-0.05, 0) is 24.1 Å². The van der Waals surface area contributed by atoms with Gasteiger partial charge >= 0.3 is 11.9 Å². The van der Waals surface area contributed by atoms with E-state index in [4.69, 9.17) is 18.9 Å². The molecule has 2 aliphatic rings. The Morgan fingerprint density at radius 2 is 1.61 bits per heavy atom. The second-order valence-corrected chi connectivity index (χ2v) is 7.21. The zero-order valence-corrected chi connectivity index (χ0v) is 16.2. The summed E-state index contributed by atoms with van der Waals surface area (Å²) in [5.41, 5.74) is 1.37. The number of fused-ring (bicyclic) bond motifs is 3. The van der Waals surface area contributed by atoms with Gasteiger partial charge in [-0.1, -0.05) is 35.9 Å². The molecule has 1 saturated carbocycles. The largest absolute Gasteiger partial charge is 0.497 e. The zero-order valence-electron chi connectivity index (χ0n) is 16.2. The number of hydrogen-bond donors (Lipinski definition) is 0. The van der Waals surface area contributed by atoms with Crippen LogP contribution in [0.4, 0.5) is 0 Å². The monoisotopic (exact) mass is 382 g/mol. The first-order valence-corrected chi connectivity index (χ1v) is 9.07. The van der Waals surface area contributed by atoms with E-state index >= 15 is 0 Å². The van der Waals surface area contributed by atoms with E-state index < -0.39 is 29.4 Å². The Kier molecular flexibility index (Phi) is 4.29. The maximum absolute atomic E-state index is 12.8. The Morgan fingerprint density at radius 3 is 2.18 bits per heavy atom. The molecule has 0 saturated heterocycles. The summed E-state index contributed by atoms with van der Waals surface area (Å²) in [6.45, 7) is 2.00. The lowest BCUT2D eigenvalue weighted by Crippen LogP contribution is -2.32. The van der Waals surface area contributed by atoms with Crippen LogP contribution in [-0.2, 0) is 19.1 Å². The van der Waals surface area contributed by atoms with E-state index in [1.807, 2.05) is 37.3 Å². The standard InChI is InChI=1S/C22H22O6/c1-12-5-7-13(8-6-12)19-18-17(22(18,20(23)26-3)21(24)27-4)15-10-9-14(25-2)11-16(15)28-19/h5-11,17-19H,1-4H3/t17-,18-,19+/m1/s1. The summed E-state index contributed by atoms with van der Waals surface area (Å²) in [7, 11) is 4.15. The minimum atomic E-state index is -1.42. The lowest BCUT2D eigenvalue weighted by molar-refractivity contribution is -0.163. The molecule has 1 aliphatic carbocycles. The molecular formula is C22H22O6. The van der Waals surface area contributed by atoms with Crippen molar-refractivity contribution in [3.8, 4) is 11.5 Å². The van der Waals surface area contributed by atoms with Crippen molar-refractivity contribution in [2.24, 2.45) is 11.3 Å². The molecule has 6 nitrogen and oxygen atoms in total. The third-order valence-corrected chi connectivity index (χ3v) is 5.85. The van der Waals surface area contributed by atoms with Crippen LogP contribution in [0.3, 0.4) is 0 Å². The average molecular weight is 382 g/mol. The third-order valence-electron chi connectivity index (χ3n) is 5.85. The van der Waals surface area contributed by atoms with Crippen LogP contribution in [-0.4, -0.2) is 33.3 Å². The van der Waals surface area contributed by atoms with Gasteiger partial charge in [0.25, 0.3) is 0 Å². The van der Waals surface area contributed by atoms with Gasteiger partial charge in [0.2, 0.25) is 0 Å². The summed E-state index contributed by atoms with van der Waals surface area (Å²) in [5, 5.41) is 0. The quantitative estimate of drug-likeness (QED) is 0.597. The second-order valence-electron chi connectivity index (χ2n) is 7.21. The number of ether oxygens (including phenoxy) is 4.